The summed E-state index contributed by atoms with van der Waals surface area (Å²) in [6.07, 6.45) is 6.98. The molecule has 0 radical (unpaired) electrons. The minimum absolute atomic E-state index is 0.130. The molecule has 1 fully saturated rings. The van der Waals surface area contributed by atoms with Crippen LogP contribution in [0.3, 0.4) is 0 Å². The van der Waals surface area contributed by atoms with Crippen LogP contribution in [0.2, 0.25) is 0 Å². The number of fused-ring (bicyclic) bond motifs is 1. The number of anilines is 1. The molecule has 2 aromatic heterocycles. The number of pyridine rings is 1. The molecule has 244 valence electrons. The Bertz CT molecular complexity index is 1700. The number of hydrogen-bond donors (Lipinski definition) is 0. The second-order valence-electron chi connectivity index (χ2n) is 11.7. The van der Waals surface area contributed by atoms with Gasteiger partial charge >= 0.3 is 5.69 Å². The van der Waals surface area contributed by atoms with Crippen molar-refractivity contribution < 1.29 is 18.7 Å². The van der Waals surface area contributed by atoms with Gasteiger partial charge in [-0.2, -0.15) is 0 Å². The van der Waals surface area contributed by atoms with Crippen molar-refractivity contribution in [2.24, 2.45) is 4.99 Å². The lowest BCUT2D eigenvalue weighted by Crippen LogP contribution is -2.41. The number of piperidine rings is 1. The lowest BCUT2D eigenvalue weighted by Gasteiger charge is -2.28. The summed E-state index contributed by atoms with van der Waals surface area (Å²) in [6, 6.07) is 8.90. The third kappa shape index (κ3) is 7.33. The van der Waals surface area contributed by atoms with Crippen molar-refractivity contribution in [3.63, 3.8) is 0 Å². The fourth-order valence-electron chi connectivity index (χ4n) is 5.97. The number of carbonyl (C=O) groups is 2. The van der Waals surface area contributed by atoms with E-state index >= 15 is 0 Å². The Labute approximate surface area is 267 Å². The van der Waals surface area contributed by atoms with Gasteiger partial charge in [-0.15, -0.1) is 0 Å². The van der Waals surface area contributed by atoms with Crippen molar-refractivity contribution in [1.29, 1.82) is 0 Å². The maximum atomic E-state index is 13.6. The average molecular weight is 633 g/mol. The van der Waals surface area contributed by atoms with Crippen LogP contribution in [0.1, 0.15) is 73.4 Å². The van der Waals surface area contributed by atoms with E-state index in [1.807, 2.05) is 11.8 Å². The molecule has 1 aromatic carbocycles. The molecule has 0 saturated carbocycles. The van der Waals surface area contributed by atoms with E-state index in [2.05, 4.69) is 4.98 Å². The molecule has 2 amide bonds. The maximum absolute atomic E-state index is 13.6. The van der Waals surface area contributed by atoms with Gasteiger partial charge in [0.1, 0.15) is 17.5 Å². The van der Waals surface area contributed by atoms with E-state index in [4.69, 9.17) is 9.73 Å². The zero-order valence-corrected chi connectivity index (χ0v) is 26.5. The van der Waals surface area contributed by atoms with Crippen molar-refractivity contribution in [2.75, 3.05) is 38.3 Å². The molecule has 11 nitrogen and oxygen atoms in total. The first-order valence-electron chi connectivity index (χ1n) is 16.1. The zero-order valence-electron chi connectivity index (χ0n) is 26.5. The maximum Gasteiger partial charge on any atom is 0.332 e. The van der Waals surface area contributed by atoms with Gasteiger partial charge in [0.05, 0.1) is 11.3 Å². The highest BCUT2D eigenvalue weighted by Gasteiger charge is 2.27. The third-order valence-corrected chi connectivity index (χ3v) is 8.43. The number of aliphatic imine (C=N–C) groups is 1. The summed E-state index contributed by atoms with van der Waals surface area (Å²) in [5.74, 6) is 0.156. The lowest BCUT2D eigenvalue weighted by atomic mass is 10.1. The fraction of sp³-hybridized carbons (Fsp3) is 0.471. The number of methoxy groups -OCH3 is 1. The Morgan fingerprint density at radius 2 is 1.78 bits per heavy atom. The van der Waals surface area contributed by atoms with Crippen LogP contribution in [0.15, 0.2) is 57.2 Å². The van der Waals surface area contributed by atoms with Crippen LogP contribution in [0, 0.1) is 5.82 Å². The molecule has 0 unspecified atom stereocenters. The average Bonchev–Trinajstić information content (AvgIpc) is 3.51. The standard InChI is InChI=1S/C34H41FN6O5/c1-3-16-41-33(44)27-22-28(37-31(27)40(34(41)45)19-6-7-21-46-2)25-12-15-29(36-23-25)39(32(43)24-10-13-26(35)14-11-24)20-8-18-38-17-5-4-9-30(38)42/h10-15,23H,3-9,16-22H2,1-2H3. The summed E-state index contributed by atoms with van der Waals surface area (Å²) in [7, 11) is 1.64. The van der Waals surface area contributed by atoms with E-state index in [1.54, 1.807) is 30.0 Å². The topological polar surface area (TPSA) is 119 Å². The van der Waals surface area contributed by atoms with E-state index in [0.29, 0.717) is 99.1 Å². The number of halogens is 1. The van der Waals surface area contributed by atoms with Crippen LogP contribution in [-0.4, -0.2) is 69.9 Å². The molecule has 2 aliphatic heterocycles. The van der Waals surface area contributed by atoms with Crippen LogP contribution in [-0.2, 0) is 29.0 Å². The summed E-state index contributed by atoms with van der Waals surface area (Å²) in [5, 5.41) is 0. The van der Waals surface area contributed by atoms with E-state index in [0.717, 1.165) is 19.3 Å². The number of unbranched alkanes of at least 4 members (excludes halogenated alkanes) is 1. The number of carbonyl (C=O) groups excluding carboxylic acids is 2. The fourth-order valence-corrected chi connectivity index (χ4v) is 5.97. The van der Waals surface area contributed by atoms with Gasteiger partial charge in [0.2, 0.25) is 5.91 Å². The van der Waals surface area contributed by atoms with Gasteiger partial charge in [-0.05, 0) is 74.9 Å². The molecule has 12 heteroatoms. The number of ether oxygens (including phenoxy) is 1. The predicted octanol–water partition coefficient (Wildman–Crippen LogP) is 4.11. The summed E-state index contributed by atoms with van der Waals surface area (Å²) in [5.41, 5.74) is 1.42. The molecular weight excluding hydrogens is 591 g/mol. The van der Waals surface area contributed by atoms with Crippen LogP contribution in [0.5, 0.6) is 0 Å². The highest BCUT2D eigenvalue weighted by Crippen LogP contribution is 2.27. The molecular formula is C34H41FN6O5. The zero-order chi connectivity index (χ0) is 32.6. The molecule has 0 spiro atoms. The molecule has 5 rings (SSSR count). The van der Waals surface area contributed by atoms with Gasteiger partial charge < -0.3 is 9.64 Å². The second-order valence-corrected chi connectivity index (χ2v) is 11.7. The Morgan fingerprint density at radius 1 is 0.978 bits per heavy atom. The molecule has 1 saturated heterocycles. The van der Waals surface area contributed by atoms with Gasteiger partial charge in [0.25, 0.3) is 11.5 Å². The van der Waals surface area contributed by atoms with Crippen molar-refractivity contribution in [1.82, 2.24) is 19.0 Å². The Kier molecular flexibility index (Phi) is 10.9. The molecule has 2 aliphatic rings. The summed E-state index contributed by atoms with van der Waals surface area (Å²) in [4.78, 5) is 65.3. The Morgan fingerprint density at radius 3 is 2.48 bits per heavy atom. The number of nitrogens with zero attached hydrogens (tertiary/aromatic N) is 6. The molecule has 46 heavy (non-hydrogen) atoms. The summed E-state index contributed by atoms with van der Waals surface area (Å²) in [6.45, 7) is 4.81. The van der Waals surface area contributed by atoms with Gasteiger partial charge in [0, 0.05) is 76.6 Å². The van der Waals surface area contributed by atoms with Crippen LogP contribution >= 0.6 is 0 Å². The quantitative estimate of drug-likeness (QED) is 0.247. The van der Waals surface area contributed by atoms with E-state index in [1.165, 1.54) is 33.7 Å². The van der Waals surface area contributed by atoms with Gasteiger partial charge in [-0.3, -0.25) is 28.4 Å². The largest absolute Gasteiger partial charge is 0.385 e. The van der Waals surface area contributed by atoms with Crippen molar-refractivity contribution >= 4 is 29.2 Å². The first kappa shape index (κ1) is 32.9. The van der Waals surface area contributed by atoms with Crippen LogP contribution in [0.4, 0.5) is 16.0 Å². The monoisotopic (exact) mass is 632 g/mol. The van der Waals surface area contributed by atoms with Crippen LogP contribution in [0.25, 0.3) is 0 Å². The molecule has 0 atom stereocenters. The SMILES string of the molecule is CCCn1c(=O)c2c(n(CCCCOC)c1=O)N=C(c1ccc(N(CCCN3CCCCC3=O)C(=O)c3ccc(F)cc3)nc1)C2. The predicted molar refractivity (Wildman–Crippen MR) is 174 cm³/mol. The van der Waals surface area contributed by atoms with Crippen molar-refractivity contribution in [3.05, 3.63) is 85.9 Å². The highest BCUT2D eigenvalue weighted by molar-refractivity contribution is 6.07. The molecule has 3 aromatic rings. The van der Waals surface area contributed by atoms with E-state index in [9.17, 15) is 23.6 Å². The Hall–Kier alpha value is -4.45. The number of hydrogen-bond acceptors (Lipinski definition) is 7. The van der Waals surface area contributed by atoms with E-state index in [-0.39, 0.29) is 29.5 Å². The highest BCUT2D eigenvalue weighted by atomic mass is 19.1. The lowest BCUT2D eigenvalue weighted by molar-refractivity contribution is -0.133. The number of rotatable bonds is 14. The van der Waals surface area contributed by atoms with Crippen molar-refractivity contribution in [2.45, 2.75) is 71.4 Å². The van der Waals surface area contributed by atoms with Crippen molar-refractivity contribution in [3.8, 4) is 0 Å². The molecule has 0 bridgehead atoms. The normalized spacial score (nSPS) is 14.4. The minimum atomic E-state index is -0.436. The first-order valence-corrected chi connectivity index (χ1v) is 16.1. The van der Waals surface area contributed by atoms with Gasteiger partial charge in [-0.1, -0.05) is 6.92 Å². The second kappa shape index (κ2) is 15.2. The number of likely N-dealkylation sites (tertiary alicyclic amines) is 1. The van der Waals surface area contributed by atoms with Crippen LogP contribution < -0.4 is 16.1 Å². The summed E-state index contributed by atoms with van der Waals surface area (Å²) < 4.78 is 21.6. The Balaban J connectivity index is 1.40. The number of benzene rings is 1. The smallest absolute Gasteiger partial charge is 0.332 e. The summed E-state index contributed by atoms with van der Waals surface area (Å²) >= 11 is 0. The third-order valence-electron chi connectivity index (χ3n) is 8.43. The van der Waals surface area contributed by atoms with E-state index < -0.39 is 5.82 Å². The van der Waals surface area contributed by atoms with Gasteiger partial charge in [-0.25, -0.2) is 19.2 Å². The number of aromatic nitrogens is 3. The minimum Gasteiger partial charge on any atom is -0.385 e. The first-order chi connectivity index (χ1) is 22.3. The van der Waals surface area contributed by atoms with Gasteiger partial charge in [0.15, 0.2) is 0 Å². The molecule has 0 N–H and O–H groups in total. The molecule has 4 heterocycles. The number of amides is 2. The molecule has 0 aliphatic carbocycles.